The Hall–Kier alpha value is -1.49. The molecule has 18 heavy (non-hydrogen) atoms. The number of H-pyrrole nitrogens is 1. The molecule has 0 aliphatic rings. The molecule has 0 saturated carbocycles. The van der Waals surface area contributed by atoms with Crippen LogP contribution in [0.2, 0.25) is 0 Å². The molecule has 2 rings (SSSR count). The zero-order valence-electron chi connectivity index (χ0n) is 10.9. The van der Waals surface area contributed by atoms with Crippen molar-refractivity contribution in [2.24, 2.45) is 5.92 Å². The highest BCUT2D eigenvalue weighted by Gasteiger charge is 2.19. The third-order valence-electron chi connectivity index (χ3n) is 3.47. The van der Waals surface area contributed by atoms with E-state index in [9.17, 15) is 0 Å². The Kier molecular flexibility index (Phi) is 3.91. The number of rotatable bonds is 4. The third-order valence-corrected chi connectivity index (χ3v) is 3.76. The number of nitrogens with one attached hydrogen (secondary N) is 1. The number of nitrogens with zero attached hydrogens (tertiary/aromatic N) is 3. The summed E-state index contributed by atoms with van der Waals surface area (Å²) in [5.74, 6) is 1.35. The van der Waals surface area contributed by atoms with Crippen LogP contribution >= 0.6 is 12.2 Å². The summed E-state index contributed by atoms with van der Waals surface area (Å²) in [6, 6.07) is 6.11. The smallest absolute Gasteiger partial charge is 0.195 e. The Balaban J connectivity index is 2.49. The monoisotopic (exact) mass is 262 g/mol. The number of hydrogen-bond acceptors (Lipinski definition) is 3. The van der Waals surface area contributed by atoms with E-state index in [-0.39, 0.29) is 0 Å². The Morgan fingerprint density at radius 3 is 2.78 bits per heavy atom. The van der Waals surface area contributed by atoms with Crippen LogP contribution in [0.1, 0.15) is 33.2 Å². The predicted molar refractivity (Wildman–Crippen MR) is 74.8 cm³/mol. The lowest BCUT2D eigenvalue weighted by Crippen LogP contribution is -2.15. The first kappa shape index (κ1) is 13.0. The van der Waals surface area contributed by atoms with E-state index in [2.05, 4.69) is 40.5 Å². The number of aromatic amines is 1. The van der Waals surface area contributed by atoms with Crippen LogP contribution in [0, 0.1) is 10.7 Å². The molecule has 0 aliphatic carbocycles. The molecule has 2 aromatic heterocycles. The Morgan fingerprint density at radius 1 is 1.39 bits per heavy atom. The first-order chi connectivity index (χ1) is 8.65. The lowest BCUT2D eigenvalue weighted by atomic mass is 10.0. The van der Waals surface area contributed by atoms with Gasteiger partial charge < -0.3 is 0 Å². The van der Waals surface area contributed by atoms with Gasteiger partial charge in [0.15, 0.2) is 10.6 Å². The molecule has 0 fully saturated rings. The van der Waals surface area contributed by atoms with Crippen molar-refractivity contribution < 1.29 is 0 Å². The summed E-state index contributed by atoms with van der Waals surface area (Å²) in [6.07, 6.45) is 2.88. The van der Waals surface area contributed by atoms with Crippen LogP contribution in [0.4, 0.5) is 0 Å². The SMILES string of the molecule is CCC(C)C(C)n1c(-c2ccccn2)n[nH]c1=S. The van der Waals surface area contributed by atoms with Gasteiger partial charge in [0.1, 0.15) is 5.69 Å². The normalized spacial score (nSPS) is 14.4. The molecule has 2 atom stereocenters. The lowest BCUT2D eigenvalue weighted by Gasteiger charge is -2.21. The summed E-state index contributed by atoms with van der Waals surface area (Å²) in [4.78, 5) is 4.34. The zero-order chi connectivity index (χ0) is 13.1. The van der Waals surface area contributed by atoms with Crippen molar-refractivity contribution in [3.63, 3.8) is 0 Å². The summed E-state index contributed by atoms with van der Waals surface area (Å²) >= 11 is 5.33. The van der Waals surface area contributed by atoms with E-state index in [1.807, 2.05) is 18.2 Å². The van der Waals surface area contributed by atoms with Gasteiger partial charge in [-0.15, -0.1) is 0 Å². The molecule has 2 heterocycles. The molecular weight excluding hydrogens is 244 g/mol. The molecule has 0 spiro atoms. The van der Waals surface area contributed by atoms with Crippen LogP contribution in [-0.4, -0.2) is 19.7 Å². The van der Waals surface area contributed by atoms with E-state index < -0.39 is 0 Å². The van der Waals surface area contributed by atoms with E-state index in [0.29, 0.717) is 16.7 Å². The molecule has 0 saturated heterocycles. The highest BCUT2D eigenvalue weighted by Crippen LogP contribution is 2.25. The molecule has 5 heteroatoms. The Morgan fingerprint density at radius 2 is 2.17 bits per heavy atom. The van der Waals surface area contributed by atoms with E-state index in [1.54, 1.807) is 6.20 Å². The fourth-order valence-electron chi connectivity index (χ4n) is 1.95. The molecule has 0 aromatic carbocycles. The van der Waals surface area contributed by atoms with Gasteiger partial charge in [0.2, 0.25) is 0 Å². The summed E-state index contributed by atoms with van der Waals surface area (Å²) < 4.78 is 2.72. The maximum Gasteiger partial charge on any atom is 0.195 e. The summed E-state index contributed by atoms with van der Waals surface area (Å²) in [5, 5.41) is 7.18. The average Bonchev–Trinajstić information content (AvgIpc) is 2.80. The minimum atomic E-state index is 0.304. The van der Waals surface area contributed by atoms with Crippen molar-refractivity contribution in [1.29, 1.82) is 0 Å². The molecule has 0 bridgehead atoms. The van der Waals surface area contributed by atoms with Gasteiger partial charge in [-0.2, -0.15) is 5.10 Å². The maximum absolute atomic E-state index is 5.33. The van der Waals surface area contributed by atoms with Crippen LogP contribution in [0.15, 0.2) is 24.4 Å². The second kappa shape index (κ2) is 5.44. The van der Waals surface area contributed by atoms with Crippen LogP contribution in [0.3, 0.4) is 0 Å². The van der Waals surface area contributed by atoms with Crippen molar-refractivity contribution in [2.75, 3.05) is 0 Å². The molecule has 2 unspecified atom stereocenters. The Labute approximate surface area is 112 Å². The van der Waals surface area contributed by atoms with Crippen molar-refractivity contribution in [2.45, 2.75) is 33.2 Å². The Bertz CT molecular complexity index is 558. The second-order valence-corrected chi connectivity index (χ2v) is 4.95. The van der Waals surface area contributed by atoms with Crippen LogP contribution < -0.4 is 0 Å². The minimum absolute atomic E-state index is 0.304. The van der Waals surface area contributed by atoms with Crippen molar-refractivity contribution in [3.05, 3.63) is 29.2 Å². The van der Waals surface area contributed by atoms with Crippen LogP contribution in [0.25, 0.3) is 11.5 Å². The zero-order valence-corrected chi connectivity index (χ0v) is 11.7. The molecule has 0 radical (unpaired) electrons. The van der Waals surface area contributed by atoms with Gasteiger partial charge in [0.25, 0.3) is 0 Å². The molecule has 1 N–H and O–H groups in total. The molecule has 96 valence electrons. The maximum atomic E-state index is 5.33. The number of pyridine rings is 1. The standard InChI is InChI=1S/C13H18N4S/c1-4-9(2)10(3)17-12(15-16-13(17)18)11-7-5-6-8-14-11/h5-10H,4H2,1-3H3,(H,16,18). The van der Waals surface area contributed by atoms with Gasteiger partial charge in [-0.1, -0.05) is 26.3 Å². The van der Waals surface area contributed by atoms with E-state index in [4.69, 9.17) is 12.2 Å². The summed E-state index contributed by atoms with van der Waals surface area (Å²) in [6.45, 7) is 6.58. The van der Waals surface area contributed by atoms with E-state index in [0.717, 1.165) is 17.9 Å². The topological polar surface area (TPSA) is 46.5 Å². The fraction of sp³-hybridized carbons (Fsp3) is 0.462. The predicted octanol–water partition coefficient (Wildman–Crippen LogP) is 3.61. The van der Waals surface area contributed by atoms with Crippen molar-refractivity contribution in [1.82, 2.24) is 19.7 Å². The molecule has 4 nitrogen and oxygen atoms in total. The number of hydrogen-bond donors (Lipinski definition) is 1. The van der Waals surface area contributed by atoms with E-state index >= 15 is 0 Å². The molecule has 0 aliphatic heterocycles. The second-order valence-electron chi connectivity index (χ2n) is 4.56. The number of aromatic nitrogens is 4. The lowest BCUT2D eigenvalue weighted by molar-refractivity contribution is 0.369. The van der Waals surface area contributed by atoms with Gasteiger partial charge in [-0.25, -0.2) is 0 Å². The minimum Gasteiger partial charge on any atom is -0.296 e. The quantitative estimate of drug-likeness (QED) is 0.856. The third kappa shape index (κ3) is 2.36. The molecule has 0 amide bonds. The van der Waals surface area contributed by atoms with Crippen LogP contribution in [0.5, 0.6) is 0 Å². The van der Waals surface area contributed by atoms with E-state index in [1.165, 1.54) is 0 Å². The van der Waals surface area contributed by atoms with Gasteiger partial charge in [-0.05, 0) is 37.2 Å². The first-order valence-corrected chi connectivity index (χ1v) is 6.64. The highest BCUT2D eigenvalue weighted by atomic mass is 32.1. The fourth-order valence-corrected chi connectivity index (χ4v) is 2.25. The average molecular weight is 262 g/mol. The summed E-state index contributed by atoms with van der Waals surface area (Å²) in [5.41, 5.74) is 0.847. The first-order valence-electron chi connectivity index (χ1n) is 6.23. The van der Waals surface area contributed by atoms with Crippen molar-refractivity contribution >= 4 is 12.2 Å². The molecule has 2 aromatic rings. The van der Waals surface area contributed by atoms with Gasteiger partial charge in [-0.3, -0.25) is 14.6 Å². The summed E-state index contributed by atoms with van der Waals surface area (Å²) in [7, 11) is 0. The van der Waals surface area contributed by atoms with Crippen LogP contribution in [-0.2, 0) is 0 Å². The van der Waals surface area contributed by atoms with Crippen molar-refractivity contribution in [3.8, 4) is 11.5 Å². The highest BCUT2D eigenvalue weighted by molar-refractivity contribution is 7.71. The largest absolute Gasteiger partial charge is 0.296 e. The van der Waals surface area contributed by atoms with Gasteiger partial charge >= 0.3 is 0 Å². The van der Waals surface area contributed by atoms with Gasteiger partial charge in [0, 0.05) is 12.2 Å². The van der Waals surface area contributed by atoms with Gasteiger partial charge in [0.05, 0.1) is 0 Å². The molecular formula is C13H18N4S.